The van der Waals surface area contributed by atoms with Crippen LogP contribution in [0.25, 0.3) is 0 Å². The quantitative estimate of drug-likeness (QED) is 0.812. The summed E-state index contributed by atoms with van der Waals surface area (Å²) >= 11 is 5.00. The maximum Gasteiger partial charge on any atom is 0.136 e. The van der Waals surface area contributed by atoms with Crippen LogP contribution >= 0.6 is 27.7 Å². The van der Waals surface area contributed by atoms with Gasteiger partial charge >= 0.3 is 0 Å². The molecule has 2 rings (SSSR count). The van der Waals surface area contributed by atoms with Gasteiger partial charge in [-0.2, -0.15) is 0 Å². The van der Waals surface area contributed by atoms with E-state index < -0.39 is 0 Å². The van der Waals surface area contributed by atoms with Gasteiger partial charge in [0.1, 0.15) is 5.82 Å². The third kappa shape index (κ3) is 3.59. The molecule has 2 N–H and O–H groups in total. The van der Waals surface area contributed by atoms with Crippen LogP contribution in [-0.4, -0.2) is 6.04 Å². The van der Waals surface area contributed by atoms with Gasteiger partial charge in [0.15, 0.2) is 0 Å². The minimum atomic E-state index is -0.204. The summed E-state index contributed by atoms with van der Waals surface area (Å²) in [5.74, 6) is -0.204. The van der Waals surface area contributed by atoms with Gasteiger partial charge in [0, 0.05) is 15.4 Å². The highest BCUT2D eigenvalue weighted by atomic mass is 79.9. The summed E-state index contributed by atoms with van der Waals surface area (Å²) in [6.45, 7) is 1.94. The molecule has 0 saturated heterocycles. The molecule has 0 heterocycles. The summed E-state index contributed by atoms with van der Waals surface area (Å²) in [4.78, 5) is 0.626. The lowest BCUT2D eigenvalue weighted by Gasteiger charge is -2.22. The summed E-state index contributed by atoms with van der Waals surface area (Å²) in [6, 6.07) is 14.6. The van der Waals surface area contributed by atoms with Gasteiger partial charge in [0.05, 0.1) is 5.25 Å². The third-order valence-electron chi connectivity index (χ3n) is 2.78. The van der Waals surface area contributed by atoms with Crippen molar-refractivity contribution in [1.29, 1.82) is 0 Å². The fourth-order valence-corrected chi connectivity index (χ4v) is 3.68. The average molecular weight is 340 g/mol. The molecule has 4 heteroatoms. The second kappa shape index (κ2) is 6.55. The number of thioether (sulfide) groups is 1. The molecule has 100 valence electrons. The van der Waals surface area contributed by atoms with Crippen LogP contribution < -0.4 is 5.73 Å². The molecule has 19 heavy (non-hydrogen) atoms. The van der Waals surface area contributed by atoms with Crippen LogP contribution in [0.1, 0.15) is 17.7 Å². The van der Waals surface area contributed by atoms with Gasteiger partial charge in [0.2, 0.25) is 0 Å². The van der Waals surface area contributed by atoms with E-state index in [0.717, 1.165) is 10.0 Å². The molecular formula is C15H15BrFNS. The second-order valence-electron chi connectivity index (χ2n) is 4.35. The molecule has 2 aromatic rings. The fraction of sp³-hybridized carbons (Fsp3) is 0.200. The molecule has 0 spiro atoms. The standard InChI is InChI=1S/C15H15BrFNS/c1-10(18)15(11-6-2-3-7-12(11)16)19-14-9-5-4-8-13(14)17/h2-10,15H,18H2,1H3. The highest BCUT2D eigenvalue weighted by Crippen LogP contribution is 2.40. The van der Waals surface area contributed by atoms with Gasteiger partial charge in [-0.25, -0.2) is 4.39 Å². The van der Waals surface area contributed by atoms with Crippen molar-refractivity contribution in [1.82, 2.24) is 0 Å². The monoisotopic (exact) mass is 339 g/mol. The summed E-state index contributed by atoms with van der Waals surface area (Å²) in [6.07, 6.45) is 0. The van der Waals surface area contributed by atoms with Gasteiger partial charge in [-0.1, -0.05) is 46.3 Å². The van der Waals surface area contributed by atoms with Gasteiger partial charge in [-0.05, 0) is 30.7 Å². The molecule has 0 aliphatic heterocycles. The van der Waals surface area contributed by atoms with Crippen LogP contribution in [0.5, 0.6) is 0 Å². The average Bonchev–Trinajstić information content (AvgIpc) is 2.38. The number of rotatable bonds is 4. The van der Waals surface area contributed by atoms with Gasteiger partial charge in [0.25, 0.3) is 0 Å². The molecule has 0 radical (unpaired) electrons. The van der Waals surface area contributed by atoms with Gasteiger partial charge in [-0.15, -0.1) is 11.8 Å². The summed E-state index contributed by atoms with van der Waals surface area (Å²) in [5.41, 5.74) is 7.16. The number of halogens is 2. The molecule has 0 bridgehead atoms. The van der Waals surface area contributed by atoms with E-state index in [4.69, 9.17) is 5.73 Å². The Kier molecular flexibility index (Phi) is 5.02. The van der Waals surface area contributed by atoms with Crippen molar-refractivity contribution in [3.63, 3.8) is 0 Å². The van der Waals surface area contributed by atoms with Crippen molar-refractivity contribution in [3.05, 3.63) is 64.4 Å². The maximum absolute atomic E-state index is 13.8. The Morgan fingerprint density at radius 2 is 1.74 bits per heavy atom. The first-order chi connectivity index (χ1) is 9.09. The van der Waals surface area contributed by atoms with Crippen LogP contribution in [0.15, 0.2) is 57.9 Å². The number of benzene rings is 2. The predicted molar refractivity (Wildman–Crippen MR) is 82.8 cm³/mol. The Labute approximate surface area is 125 Å². The Hall–Kier alpha value is -0.840. The zero-order chi connectivity index (χ0) is 13.8. The molecule has 0 aliphatic carbocycles. The minimum absolute atomic E-state index is 0.00692. The van der Waals surface area contributed by atoms with E-state index >= 15 is 0 Å². The molecule has 0 aromatic heterocycles. The molecule has 2 aromatic carbocycles. The molecule has 0 fully saturated rings. The van der Waals surface area contributed by atoms with E-state index in [1.54, 1.807) is 12.1 Å². The summed E-state index contributed by atoms with van der Waals surface area (Å²) in [7, 11) is 0. The molecule has 1 nitrogen and oxygen atoms in total. The van der Waals surface area contributed by atoms with Crippen molar-refractivity contribution in [3.8, 4) is 0 Å². The minimum Gasteiger partial charge on any atom is -0.327 e. The molecule has 0 amide bonds. The van der Waals surface area contributed by atoms with Gasteiger partial charge in [-0.3, -0.25) is 0 Å². The SMILES string of the molecule is CC(N)C(Sc1ccccc1F)c1ccccc1Br. The normalized spacial score (nSPS) is 14.1. The van der Waals surface area contributed by atoms with Gasteiger partial charge < -0.3 is 5.73 Å². The Morgan fingerprint density at radius 1 is 1.11 bits per heavy atom. The van der Waals surface area contributed by atoms with Crippen LogP contribution in [0.4, 0.5) is 4.39 Å². The number of hydrogen-bond donors (Lipinski definition) is 1. The lowest BCUT2D eigenvalue weighted by Crippen LogP contribution is -2.23. The van der Waals surface area contributed by atoms with E-state index in [1.807, 2.05) is 37.3 Å². The van der Waals surface area contributed by atoms with Crippen LogP contribution in [0.3, 0.4) is 0 Å². The molecule has 2 atom stereocenters. The summed E-state index contributed by atoms with van der Waals surface area (Å²) < 4.78 is 14.8. The Balaban J connectivity index is 2.33. The largest absolute Gasteiger partial charge is 0.327 e. The van der Waals surface area contributed by atoms with E-state index in [9.17, 15) is 4.39 Å². The molecule has 0 saturated carbocycles. The predicted octanol–water partition coefficient (Wildman–Crippen LogP) is 4.77. The van der Waals surface area contributed by atoms with Crippen LogP contribution in [0, 0.1) is 5.82 Å². The first-order valence-corrected chi connectivity index (χ1v) is 7.68. The van der Waals surface area contributed by atoms with E-state index in [1.165, 1.54) is 17.8 Å². The van der Waals surface area contributed by atoms with Crippen molar-refractivity contribution in [2.75, 3.05) is 0 Å². The van der Waals surface area contributed by atoms with Crippen LogP contribution in [0.2, 0.25) is 0 Å². The van der Waals surface area contributed by atoms with E-state index in [2.05, 4.69) is 15.9 Å². The van der Waals surface area contributed by atoms with Crippen molar-refractivity contribution in [2.45, 2.75) is 23.1 Å². The fourth-order valence-electron chi connectivity index (χ4n) is 1.84. The zero-order valence-corrected chi connectivity index (χ0v) is 12.9. The van der Waals surface area contributed by atoms with Crippen molar-refractivity contribution >= 4 is 27.7 Å². The highest BCUT2D eigenvalue weighted by Gasteiger charge is 2.21. The maximum atomic E-state index is 13.8. The number of hydrogen-bond acceptors (Lipinski definition) is 2. The first kappa shape index (κ1) is 14.6. The molecule has 0 aliphatic rings. The van der Waals surface area contributed by atoms with E-state index in [-0.39, 0.29) is 17.1 Å². The lowest BCUT2D eigenvalue weighted by molar-refractivity contribution is 0.600. The van der Waals surface area contributed by atoms with Crippen molar-refractivity contribution < 1.29 is 4.39 Å². The number of nitrogens with two attached hydrogens (primary N) is 1. The Bertz CT molecular complexity index is 559. The molecular weight excluding hydrogens is 325 g/mol. The van der Waals surface area contributed by atoms with E-state index in [0.29, 0.717) is 4.90 Å². The third-order valence-corrected chi connectivity index (χ3v) is 5.02. The summed E-state index contributed by atoms with van der Waals surface area (Å²) in [5, 5.41) is 0.00692. The second-order valence-corrected chi connectivity index (χ2v) is 6.39. The first-order valence-electron chi connectivity index (χ1n) is 6.01. The highest BCUT2D eigenvalue weighted by molar-refractivity contribution is 9.10. The van der Waals surface area contributed by atoms with Crippen LogP contribution in [-0.2, 0) is 0 Å². The van der Waals surface area contributed by atoms with Crippen molar-refractivity contribution in [2.24, 2.45) is 5.73 Å². The molecule has 2 unspecified atom stereocenters. The lowest BCUT2D eigenvalue weighted by atomic mass is 10.1. The smallest absolute Gasteiger partial charge is 0.136 e. The Morgan fingerprint density at radius 3 is 2.37 bits per heavy atom. The topological polar surface area (TPSA) is 26.0 Å². The zero-order valence-electron chi connectivity index (χ0n) is 10.5.